The van der Waals surface area contributed by atoms with Crippen molar-refractivity contribution in [2.45, 2.75) is 44.7 Å². The van der Waals surface area contributed by atoms with E-state index in [-0.39, 0.29) is 17.5 Å². The molecular weight excluding hydrogens is 328 g/mol. The standard InChI is InChI=1S/C25H26N2/c1-25(2,3)22-15-13-21(14-16-22)24-17-23(26-27-24)20-11-9-19(10-12-20)18-7-5-4-6-8-18/h4-16,23-24H,17H2,1-3H3/t23?,24-/m0/s1. The van der Waals surface area contributed by atoms with Crippen molar-refractivity contribution >= 4 is 0 Å². The first-order valence-electron chi connectivity index (χ1n) is 9.66. The molecule has 0 radical (unpaired) electrons. The third-order valence-electron chi connectivity index (χ3n) is 5.36. The van der Waals surface area contributed by atoms with Crippen molar-refractivity contribution in [1.82, 2.24) is 0 Å². The van der Waals surface area contributed by atoms with Crippen LogP contribution in [0.4, 0.5) is 0 Å². The number of hydrogen-bond donors (Lipinski definition) is 0. The minimum atomic E-state index is 0.155. The summed E-state index contributed by atoms with van der Waals surface area (Å²) in [6.45, 7) is 6.73. The fraction of sp³-hybridized carbons (Fsp3) is 0.280. The molecule has 27 heavy (non-hydrogen) atoms. The van der Waals surface area contributed by atoms with Crippen LogP contribution in [0.25, 0.3) is 11.1 Å². The Hall–Kier alpha value is -2.74. The molecule has 3 aromatic carbocycles. The maximum Gasteiger partial charge on any atom is 0.0982 e. The molecule has 1 unspecified atom stereocenters. The van der Waals surface area contributed by atoms with Crippen molar-refractivity contribution in [1.29, 1.82) is 0 Å². The van der Waals surface area contributed by atoms with Crippen molar-refractivity contribution in [2.24, 2.45) is 10.2 Å². The molecule has 1 aliphatic rings. The molecule has 0 aromatic heterocycles. The predicted octanol–water partition coefficient (Wildman–Crippen LogP) is 7.29. The van der Waals surface area contributed by atoms with Gasteiger partial charge in [0.2, 0.25) is 0 Å². The topological polar surface area (TPSA) is 24.7 Å². The summed E-state index contributed by atoms with van der Waals surface area (Å²) in [6.07, 6.45) is 0.944. The Kier molecular flexibility index (Phi) is 4.65. The summed E-state index contributed by atoms with van der Waals surface area (Å²) in [5.74, 6) is 0. The molecule has 2 atom stereocenters. The van der Waals surface area contributed by atoms with Gasteiger partial charge in [0, 0.05) is 6.42 Å². The van der Waals surface area contributed by atoms with Crippen LogP contribution in [0, 0.1) is 0 Å². The maximum atomic E-state index is 4.56. The number of hydrogen-bond acceptors (Lipinski definition) is 2. The normalized spacial score (nSPS) is 19.4. The minimum absolute atomic E-state index is 0.155. The molecule has 0 amide bonds. The lowest BCUT2D eigenvalue weighted by molar-refractivity contribution is 0.589. The second-order valence-electron chi connectivity index (χ2n) is 8.36. The maximum absolute atomic E-state index is 4.56. The quantitative estimate of drug-likeness (QED) is 0.472. The van der Waals surface area contributed by atoms with Gasteiger partial charge in [-0.05, 0) is 33.2 Å². The summed E-state index contributed by atoms with van der Waals surface area (Å²) in [5, 5.41) is 9.12. The molecule has 2 nitrogen and oxygen atoms in total. The highest BCUT2D eigenvalue weighted by molar-refractivity contribution is 5.63. The van der Waals surface area contributed by atoms with E-state index in [1.165, 1.54) is 27.8 Å². The first-order valence-corrected chi connectivity index (χ1v) is 9.66. The number of azo groups is 1. The van der Waals surface area contributed by atoms with Crippen LogP contribution in [0.2, 0.25) is 0 Å². The van der Waals surface area contributed by atoms with Crippen molar-refractivity contribution in [3.63, 3.8) is 0 Å². The molecule has 2 heteroatoms. The van der Waals surface area contributed by atoms with Crippen LogP contribution in [0.1, 0.15) is 56.0 Å². The van der Waals surface area contributed by atoms with E-state index in [0.29, 0.717) is 0 Å². The Morgan fingerprint density at radius 1 is 0.630 bits per heavy atom. The Morgan fingerprint density at radius 2 is 1.11 bits per heavy atom. The first kappa shape index (κ1) is 17.7. The van der Waals surface area contributed by atoms with E-state index >= 15 is 0 Å². The van der Waals surface area contributed by atoms with Crippen LogP contribution in [0.5, 0.6) is 0 Å². The third-order valence-corrected chi connectivity index (χ3v) is 5.36. The molecule has 4 rings (SSSR count). The summed E-state index contributed by atoms with van der Waals surface area (Å²) < 4.78 is 0. The van der Waals surface area contributed by atoms with E-state index in [2.05, 4.69) is 104 Å². The van der Waals surface area contributed by atoms with E-state index in [1.54, 1.807) is 0 Å². The number of nitrogens with zero attached hydrogens (tertiary/aromatic N) is 2. The second-order valence-corrected chi connectivity index (χ2v) is 8.36. The van der Waals surface area contributed by atoms with E-state index in [1.807, 2.05) is 6.07 Å². The summed E-state index contributed by atoms with van der Waals surface area (Å²) in [5.41, 5.74) is 6.52. The van der Waals surface area contributed by atoms with Crippen LogP contribution < -0.4 is 0 Å². The Labute approximate surface area is 162 Å². The van der Waals surface area contributed by atoms with E-state index in [4.69, 9.17) is 0 Å². The van der Waals surface area contributed by atoms with Crippen LogP contribution in [-0.2, 0) is 5.41 Å². The monoisotopic (exact) mass is 354 g/mol. The molecule has 0 saturated carbocycles. The molecule has 0 N–H and O–H groups in total. The first-order chi connectivity index (χ1) is 13.0. The van der Waals surface area contributed by atoms with Gasteiger partial charge in [-0.15, -0.1) is 0 Å². The average molecular weight is 354 g/mol. The van der Waals surface area contributed by atoms with Gasteiger partial charge in [0.05, 0.1) is 12.1 Å². The highest BCUT2D eigenvalue weighted by Gasteiger charge is 2.25. The fourth-order valence-corrected chi connectivity index (χ4v) is 3.61. The van der Waals surface area contributed by atoms with Crippen molar-refractivity contribution < 1.29 is 0 Å². The number of rotatable bonds is 3. The lowest BCUT2D eigenvalue weighted by Crippen LogP contribution is -2.10. The largest absolute Gasteiger partial charge is 0.185 e. The van der Waals surface area contributed by atoms with Crippen molar-refractivity contribution in [3.8, 4) is 11.1 Å². The molecular formula is C25H26N2. The zero-order valence-corrected chi connectivity index (χ0v) is 16.3. The van der Waals surface area contributed by atoms with Crippen LogP contribution in [-0.4, -0.2) is 0 Å². The molecule has 136 valence electrons. The highest BCUT2D eigenvalue weighted by atomic mass is 15.2. The average Bonchev–Trinajstić information content (AvgIpc) is 3.18. The van der Waals surface area contributed by atoms with Gasteiger partial charge >= 0.3 is 0 Å². The van der Waals surface area contributed by atoms with Gasteiger partial charge in [-0.1, -0.05) is 99.6 Å². The molecule has 3 aromatic rings. The predicted molar refractivity (Wildman–Crippen MR) is 112 cm³/mol. The molecule has 0 spiro atoms. The zero-order chi connectivity index (χ0) is 18.9. The summed E-state index contributed by atoms with van der Waals surface area (Å²) in [7, 11) is 0. The van der Waals surface area contributed by atoms with Gasteiger partial charge < -0.3 is 0 Å². The highest BCUT2D eigenvalue weighted by Crippen LogP contribution is 2.39. The molecule has 1 heterocycles. The van der Waals surface area contributed by atoms with Crippen LogP contribution in [0.3, 0.4) is 0 Å². The minimum Gasteiger partial charge on any atom is -0.185 e. The summed E-state index contributed by atoms with van der Waals surface area (Å²) >= 11 is 0. The van der Waals surface area contributed by atoms with E-state index < -0.39 is 0 Å². The summed E-state index contributed by atoms with van der Waals surface area (Å²) in [6, 6.07) is 28.4. The molecule has 0 aliphatic carbocycles. The van der Waals surface area contributed by atoms with Gasteiger partial charge in [-0.25, -0.2) is 0 Å². The number of benzene rings is 3. The Morgan fingerprint density at radius 3 is 1.63 bits per heavy atom. The van der Waals surface area contributed by atoms with Crippen LogP contribution in [0.15, 0.2) is 89.1 Å². The molecule has 0 bridgehead atoms. The molecule has 0 fully saturated rings. The smallest absolute Gasteiger partial charge is 0.0982 e. The lowest BCUT2D eigenvalue weighted by Gasteiger charge is -2.19. The Balaban J connectivity index is 1.46. The van der Waals surface area contributed by atoms with Gasteiger partial charge in [0.1, 0.15) is 0 Å². The van der Waals surface area contributed by atoms with E-state index in [9.17, 15) is 0 Å². The fourth-order valence-electron chi connectivity index (χ4n) is 3.61. The van der Waals surface area contributed by atoms with E-state index in [0.717, 1.165) is 6.42 Å². The van der Waals surface area contributed by atoms with Crippen molar-refractivity contribution in [3.05, 3.63) is 95.6 Å². The lowest BCUT2D eigenvalue weighted by atomic mass is 9.86. The molecule has 0 saturated heterocycles. The SMILES string of the molecule is CC(C)(C)c1ccc([C@@H]2CC(c3ccc(-c4ccccc4)cc3)N=N2)cc1. The molecule has 1 aliphatic heterocycles. The van der Waals surface area contributed by atoms with Gasteiger partial charge in [-0.2, -0.15) is 10.2 Å². The van der Waals surface area contributed by atoms with Crippen LogP contribution >= 0.6 is 0 Å². The Bertz CT molecular complexity index is 917. The van der Waals surface area contributed by atoms with Gasteiger partial charge in [-0.3, -0.25) is 0 Å². The summed E-state index contributed by atoms with van der Waals surface area (Å²) in [4.78, 5) is 0. The van der Waals surface area contributed by atoms with Crippen molar-refractivity contribution in [2.75, 3.05) is 0 Å². The van der Waals surface area contributed by atoms with Gasteiger partial charge in [0.15, 0.2) is 0 Å². The van der Waals surface area contributed by atoms with Gasteiger partial charge in [0.25, 0.3) is 0 Å². The third kappa shape index (κ3) is 3.85. The second kappa shape index (κ2) is 7.11. The zero-order valence-electron chi connectivity index (χ0n) is 16.3.